The Morgan fingerprint density at radius 2 is 2.27 bits per heavy atom. The standard InChI is InChI=1S/C9H16N2O2S2/c1-8-7-14-9(11-8)6-10-4-3-5-15(2,12)13/h7,10H,3-6H2,1-2H3. The molecular weight excluding hydrogens is 232 g/mol. The van der Waals surface area contributed by atoms with Gasteiger partial charge in [0.15, 0.2) is 0 Å². The van der Waals surface area contributed by atoms with Gasteiger partial charge in [-0.2, -0.15) is 0 Å². The van der Waals surface area contributed by atoms with Crippen molar-refractivity contribution in [3.8, 4) is 0 Å². The Hall–Kier alpha value is -0.460. The Kier molecular flexibility index (Phi) is 4.69. The van der Waals surface area contributed by atoms with Gasteiger partial charge in [0.25, 0.3) is 0 Å². The third-order valence-corrected chi connectivity index (χ3v) is 3.81. The number of nitrogens with zero attached hydrogens (tertiary/aromatic N) is 1. The molecule has 0 aromatic carbocycles. The molecule has 4 nitrogen and oxygen atoms in total. The van der Waals surface area contributed by atoms with E-state index in [-0.39, 0.29) is 5.75 Å². The van der Waals surface area contributed by atoms with Crippen LogP contribution in [-0.4, -0.2) is 32.0 Å². The molecule has 0 spiro atoms. The van der Waals surface area contributed by atoms with Gasteiger partial charge in [-0.25, -0.2) is 13.4 Å². The average molecular weight is 248 g/mol. The van der Waals surface area contributed by atoms with Gasteiger partial charge >= 0.3 is 0 Å². The summed E-state index contributed by atoms with van der Waals surface area (Å²) in [4.78, 5) is 4.29. The van der Waals surface area contributed by atoms with Crippen LogP contribution in [0.4, 0.5) is 0 Å². The zero-order chi connectivity index (χ0) is 11.3. The fourth-order valence-electron chi connectivity index (χ4n) is 1.14. The van der Waals surface area contributed by atoms with E-state index < -0.39 is 9.84 Å². The average Bonchev–Trinajstić information content (AvgIpc) is 2.49. The van der Waals surface area contributed by atoms with E-state index in [2.05, 4.69) is 10.3 Å². The summed E-state index contributed by atoms with van der Waals surface area (Å²) in [6.07, 6.45) is 1.92. The van der Waals surface area contributed by atoms with E-state index in [0.29, 0.717) is 13.0 Å². The van der Waals surface area contributed by atoms with Crippen molar-refractivity contribution in [3.05, 3.63) is 16.1 Å². The monoisotopic (exact) mass is 248 g/mol. The zero-order valence-corrected chi connectivity index (χ0v) is 10.6. The van der Waals surface area contributed by atoms with Crippen LogP contribution < -0.4 is 5.32 Å². The van der Waals surface area contributed by atoms with Crippen LogP contribution in [0.25, 0.3) is 0 Å². The van der Waals surface area contributed by atoms with E-state index >= 15 is 0 Å². The lowest BCUT2D eigenvalue weighted by Crippen LogP contribution is -2.17. The highest BCUT2D eigenvalue weighted by molar-refractivity contribution is 7.90. The van der Waals surface area contributed by atoms with E-state index in [4.69, 9.17) is 0 Å². The number of hydrogen-bond donors (Lipinski definition) is 1. The summed E-state index contributed by atoms with van der Waals surface area (Å²) in [6.45, 7) is 3.40. The molecule has 0 saturated carbocycles. The lowest BCUT2D eigenvalue weighted by Gasteiger charge is -2.01. The SMILES string of the molecule is Cc1csc(CNCCCS(C)(=O)=O)n1. The van der Waals surface area contributed by atoms with E-state index in [1.165, 1.54) is 6.26 Å². The first-order valence-corrected chi connectivity index (χ1v) is 7.71. The van der Waals surface area contributed by atoms with E-state index in [1.54, 1.807) is 11.3 Å². The molecule has 0 amide bonds. The molecule has 0 aliphatic rings. The molecule has 0 unspecified atom stereocenters. The molecule has 0 aliphatic heterocycles. The van der Waals surface area contributed by atoms with Crippen molar-refractivity contribution in [3.63, 3.8) is 0 Å². The first-order chi connectivity index (χ1) is 6.97. The minimum atomic E-state index is -2.82. The molecule has 15 heavy (non-hydrogen) atoms. The van der Waals surface area contributed by atoms with Crippen LogP contribution >= 0.6 is 11.3 Å². The Morgan fingerprint density at radius 1 is 1.53 bits per heavy atom. The van der Waals surface area contributed by atoms with Gasteiger partial charge in [-0.3, -0.25) is 0 Å². The number of rotatable bonds is 6. The van der Waals surface area contributed by atoms with Crippen LogP contribution in [0.3, 0.4) is 0 Å². The number of aryl methyl sites for hydroxylation is 1. The Morgan fingerprint density at radius 3 is 2.80 bits per heavy atom. The van der Waals surface area contributed by atoms with Gasteiger partial charge in [-0.1, -0.05) is 0 Å². The van der Waals surface area contributed by atoms with Crippen molar-refractivity contribution < 1.29 is 8.42 Å². The van der Waals surface area contributed by atoms with Crippen molar-refractivity contribution in [2.75, 3.05) is 18.6 Å². The molecule has 0 atom stereocenters. The Labute approximate surface area is 94.7 Å². The van der Waals surface area contributed by atoms with Crippen molar-refractivity contribution in [2.24, 2.45) is 0 Å². The van der Waals surface area contributed by atoms with Crippen LogP contribution in [0, 0.1) is 6.92 Å². The summed E-state index contributed by atoms with van der Waals surface area (Å²) in [5.41, 5.74) is 1.04. The third-order valence-electron chi connectivity index (χ3n) is 1.81. The third kappa shape index (κ3) is 5.86. The minimum absolute atomic E-state index is 0.247. The van der Waals surface area contributed by atoms with Crippen molar-refractivity contribution >= 4 is 21.2 Å². The number of hydrogen-bond acceptors (Lipinski definition) is 5. The first-order valence-electron chi connectivity index (χ1n) is 4.77. The molecule has 1 aromatic heterocycles. The molecule has 0 radical (unpaired) electrons. The Bertz CT molecular complexity index is 398. The van der Waals surface area contributed by atoms with Crippen LogP contribution in [0.5, 0.6) is 0 Å². The summed E-state index contributed by atoms with van der Waals surface area (Å²) < 4.78 is 21.7. The van der Waals surface area contributed by atoms with Gasteiger partial charge in [-0.05, 0) is 19.9 Å². The Balaban J connectivity index is 2.12. The van der Waals surface area contributed by atoms with E-state index in [1.807, 2.05) is 12.3 Å². The van der Waals surface area contributed by atoms with E-state index in [0.717, 1.165) is 17.2 Å². The smallest absolute Gasteiger partial charge is 0.147 e. The summed E-state index contributed by atoms with van der Waals surface area (Å²) in [7, 11) is -2.82. The normalized spacial score (nSPS) is 11.9. The molecule has 1 N–H and O–H groups in total. The van der Waals surface area contributed by atoms with Crippen LogP contribution in [0.15, 0.2) is 5.38 Å². The zero-order valence-electron chi connectivity index (χ0n) is 8.99. The largest absolute Gasteiger partial charge is 0.310 e. The molecule has 1 rings (SSSR count). The van der Waals surface area contributed by atoms with Crippen molar-refractivity contribution in [1.82, 2.24) is 10.3 Å². The lowest BCUT2D eigenvalue weighted by molar-refractivity contribution is 0.594. The number of aromatic nitrogens is 1. The van der Waals surface area contributed by atoms with Gasteiger partial charge in [0.1, 0.15) is 14.8 Å². The second-order valence-corrected chi connectivity index (χ2v) is 6.75. The quantitative estimate of drug-likeness (QED) is 0.762. The highest BCUT2D eigenvalue weighted by Gasteiger charge is 2.01. The summed E-state index contributed by atoms with van der Waals surface area (Å²) in [5, 5.41) is 6.23. The van der Waals surface area contributed by atoms with Gasteiger partial charge < -0.3 is 5.32 Å². The summed E-state index contributed by atoms with van der Waals surface area (Å²) in [6, 6.07) is 0. The van der Waals surface area contributed by atoms with Crippen LogP contribution in [0.2, 0.25) is 0 Å². The van der Waals surface area contributed by atoms with Crippen LogP contribution in [-0.2, 0) is 16.4 Å². The van der Waals surface area contributed by atoms with Gasteiger partial charge in [-0.15, -0.1) is 11.3 Å². The second kappa shape index (κ2) is 5.58. The second-order valence-electron chi connectivity index (χ2n) is 3.54. The fraction of sp³-hybridized carbons (Fsp3) is 0.667. The topological polar surface area (TPSA) is 59.1 Å². The molecule has 1 aromatic rings. The van der Waals surface area contributed by atoms with Crippen molar-refractivity contribution in [1.29, 1.82) is 0 Å². The van der Waals surface area contributed by atoms with E-state index in [9.17, 15) is 8.42 Å². The molecule has 0 fully saturated rings. The van der Waals surface area contributed by atoms with Crippen LogP contribution in [0.1, 0.15) is 17.1 Å². The fourth-order valence-corrected chi connectivity index (χ4v) is 2.55. The summed E-state index contributed by atoms with van der Waals surface area (Å²) in [5.74, 6) is 0.247. The predicted octanol–water partition coefficient (Wildman–Crippen LogP) is 0.976. The van der Waals surface area contributed by atoms with Gasteiger partial charge in [0, 0.05) is 23.9 Å². The van der Waals surface area contributed by atoms with Crippen molar-refractivity contribution in [2.45, 2.75) is 19.9 Å². The van der Waals surface area contributed by atoms with Gasteiger partial charge in [0.2, 0.25) is 0 Å². The molecule has 6 heteroatoms. The number of sulfone groups is 1. The van der Waals surface area contributed by atoms with Gasteiger partial charge in [0.05, 0.1) is 5.75 Å². The predicted molar refractivity (Wildman–Crippen MR) is 62.9 cm³/mol. The highest BCUT2D eigenvalue weighted by Crippen LogP contribution is 2.07. The molecule has 1 heterocycles. The molecule has 0 bridgehead atoms. The summed E-state index contributed by atoms with van der Waals surface area (Å²) >= 11 is 1.62. The maximum absolute atomic E-state index is 10.8. The molecule has 86 valence electrons. The lowest BCUT2D eigenvalue weighted by atomic mass is 10.5. The minimum Gasteiger partial charge on any atom is -0.310 e. The maximum atomic E-state index is 10.8. The first kappa shape index (κ1) is 12.6. The number of thiazole rings is 1. The molecular formula is C9H16N2O2S2. The highest BCUT2D eigenvalue weighted by atomic mass is 32.2. The molecule has 0 aliphatic carbocycles. The number of nitrogens with one attached hydrogen (secondary N) is 1. The maximum Gasteiger partial charge on any atom is 0.147 e. The molecule has 0 saturated heterocycles.